The van der Waals surface area contributed by atoms with Crippen LogP contribution in [0.3, 0.4) is 0 Å². The standard InChI is InChI=1S/C36H32O10/c1-23(2)34(38)43-21-41-29-12-5-25(6-13-29)7-18-33(37)45-31-16-10-28-20-32(17-11-27(28)19-31)46-36(40)26-8-14-30(15-9-26)42-22-44-35(39)24(3)4/h5-6,8-17,19-20H,1,3,7,18,21-22H2,2,4H3. The lowest BCUT2D eigenvalue weighted by Gasteiger charge is -2.09. The van der Waals surface area contributed by atoms with Crippen molar-refractivity contribution in [3.05, 3.63) is 120 Å². The molecule has 0 saturated carbocycles. The van der Waals surface area contributed by atoms with Crippen LogP contribution in [0, 0.1) is 0 Å². The Morgan fingerprint density at radius 2 is 1.04 bits per heavy atom. The molecule has 0 aliphatic heterocycles. The van der Waals surface area contributed by atoms with E-state index in [9.17, 15) is 19.2 Å². The van der Waals surface area contributed by atoms with Gasteiger partial charge in [-0.2, -0.15) is 0 Å². The zero-order chi connectivity index (χ0) is 33.1. The Hall–Kier alpha value is -5.90. The Balaban J connectivity index is 1.24. The van der Waals surface area contributed by atoms with E-state index in [1.54, 1.807) is 67.6 Å². The van der Waals surface area contributed by atoms with Gasteiger partial charge >= 0.3 is 23.9 Å². The first kappa shape index (κ1) is 33.0. The van der Waals surface area contributed by atoms with Crippen LogP contribution in [0.15, 0.2) is 109 Å². The fraction of sp³-hybridized carbons (Fsp3) is 0.167. The molecule has 0 aliphatic carbocycles. The molecule has 236 valence electrons. The number of rotatable bonds is 14. The Morgan fingerprint density at radius 1 is 0.587 bits per heavy atom. The summed E-state index contributed by atoms with van der Waals surface area (Å²) >= 11 is 0. The lowest BCUT2D eigenvalue weighted by atomic mass is 10.1. The summed E-state index contributed by atoms with van der Waals surface area (Å²) in [6, 6.07) is 23.6. The first-order chi connectivity index (χ1) is 22.1. The van der Waals surface area contributed by atoms with E-state index < -0.39 is 17.9 Å². The highest BCUT2D eigenvalue weighted by molar-refractivity contribution is 5.92. The van der Waals surface area contributed by atoms with Gasteiger partial charge in [-0.05, 0) is 97.3 Å². The highest BCUT2D eigenvalue weighted by Gasteiger charge is 2.12. The lowest BCUT2D eigenvalue weighted by molar-refractivity contribution is -0.146. The van der Waals surface area contributed by atoms with Crippen LogP contribution < -0.4 is 18.9 Å². The van der Waals surface area contributed by atoms with Gasteiger partial charge in [-0.25, -0.2) is 14.4 Å². The molecule has 0 heterocycles. The minimum absolute atomic E-state index is 0.166. The minimum Gasteiger partial charge on any atom is -0.457 e. The summed E-state index contributed by atoms with van der Waals surface area (Å²) in [7, 11) is 0. The Kier molecular flexibility index (Phi) is 11.3. The van der Waals surface area contributed by atoms with E-state index in [0.29, 0.717) is 35.0 Å². The molecule has 0 unspecified atom stereocenters. The fourth-order valence-corrected chi connectivity index (χ4v) is 3.91. The van der Waals surface area contributed by atoms with Crippen molar-refractivity contribution in [2.45, 2.75) is 26.7 Å². The molecule has 0 spiro atoms. The summed E-state index contributed by atoms with van der Waals surface area (Å²) in [5.41, 5.74) is 1.77. The van der Waals surface area contributed by atoms with Crippen molar-refractivity contribution in [3.63, 3.8) is 0 Å². The molecule has 0 aliphatic rings. The maximum Gasteiger partial charge on any atom is 0.343 e. The Bertz CT molecular complexity index is 1750. The third-order valence-corrected chi connectivity index (χ3v) is 6.38. The fourth-order valence-electron chi connectivity index (χ4n) is 3.91. The van der Waals surface area contributed by atoms with Crippen molar-refractivity contribution in [2.24, 2.45) is 0 Å². The first-order valence-corrected chi connectivity index (χ1v) is 14.1. The summed E-state index contributed by atoms with van der Waals surface area (Å²) in [6.07, 6.45) is 0.631. The van der Waals surface area contributed by atoms with Gasteiger partial charge in [0.25, 0.3) is 0 Å². The second kappa shape index (κ2) is 15.7. The molecule has 4 rings (SSSR count). The normalized spacial score (nSPS) is 10.4. The molecule has 0 fully saturated rings. The molecule has 10 heteroatoms. The number of ether oxygens (including phenoxy) is 6. The molecule has 46 heavy (non-hydrogen) atoms. The van der Waals surface area contributed by atoms with Crippen molar-refractivity contribution in [1.29, 1.82) is 0 Å². The molecule has 0 N–H and O–H groups in total. The third-order valence-electron chi connectivity index (χ3n) is 6.38. The Labute approximate surface area is 265 Å². The van der Waals surface area contributed by atoms with Crippen LogP contribution >= 0.6 is 0 Å². The predicted molar refractivity (Wildman–Crippen MR) is 169 cm³/mol. The van der Waals surface area contributed by atoms with E-state index in [2.05, 4.69) is 13.2 Å². The summed E-state index contributed by atoms with van der Waals surface area (Å²) < 4.78 is 31.6. The van der Waals surface area contributed by atoms with E-state index in [0.717, 1.165) is 16.3 Å². The van der Waals surface area contributed by atoms with Gasteiger partial charge in [0.2, 0.25) is 13.6 Å². The highest BCUT2D eigenvalue weighted by Crippen LogP contribution is 2.26. The van der Waals surface area contributed by atoms with Crippen molar-refractivity contribution in [3.8, 4) is 23.0 Å². The van der Waals surface area contributed by atoms with E-state index in [1.165, 1.54) is 19.1 Å². The van der Waals surface area contributed by atoms with Crippen LogP contribution in [-0.4, -0.2) is 37.5 Å². The SMILES string of the molecule is C=C(C)C(=O)OCOc1ccc(CCC(=O)Oc2ccc3cc(OC(=O)c4ccc(OCOC(=O)C(=C)C)cc4)ccc3c2)cc1. The quantitative estimate of drug-likeness (QED) is 0.0664. The van der Waals surface area contributed by atoms with E-state index in [1.807, 2.05) is 12.1 Å². The number of aryl methyl sites for hydroxylation is 1. The first-order valence-electron chi connectivity index (χ1n) is 14.1. The molecule has 0 saturated heterocycles. The molecule has 0 radical (unpaired) electrons. The second-order valence-corrected chi connectivity index (χ2v) is 10.2. The van der Waals surface area contributed by atoms with Gasteiger partial charge in [0.15, 0.2) is 0 Å². The molecule has 0 aromatic heterocycles. The van der Waals surface area contributed by atoms with E-state index in [4.69, 9.17) is 28.4 Å². The van der Waals surface area contributed by atoms with E-state index >= 15 is 0 Å². The topological polar surface area (TPSA) is 124 Å². The van der Waals surface area contributed by atoms with Gasteiger partial charge < -0.3 is 28.4 Å². The summed E-state index contributed by atoms with van der Waals surface area (Å²) in [4.78, 5) is 48.0. The molecule has 0 atom stereocenters. The van der Waals surface area contributed by atoms with Gasteiger partial charge in [-0.15, -0.1) is 0 Å². The monoisotopic (exact) mass is 624 g/mol. The van der Waals surface area contributed by atoms with Crippen LogP contribution in [0.4, 0.5) is 0 Å². The summed E-state index contributed by atoms with van der Waals surface area (Å²) in [5.74, 6) is -0.353. The van der Waals surface area contributed by atoms with Gasteiger partial charge in [0.05, 0.1) is 5.56 Å². The Morgan fingerprint density at radius 3 is 1.54 bits per heavy atom. The number of esters is 4. The number of carbonyl (C=O) groups is 4. The van der Waals surface area contributed by atoms with Crippen LogP contribution in [0.2, 0.25) is 0 Å². The second-order valence-electron chi connectivity index (χ2n) is 10.2. The highest BCUT2D eigenvalue weighted by atomic mass is 16.7. The van der Waals surface area contributed by atoms with Gasteiger partial charge in [-0.1, -0.05) is 37.4 Å². The molecule has 10 nitrogen and oxygen atoms in total. The lowest BCUT2D eigenvalue weighted by Crippen LogP contribution is -2.11. The number of hydrogen-bond donors (Lipinski definition) is 0. The smallest absolute Gasteiger partial charge is 0.343 e. The number of benzene rings is 4. The average Bonchev–Trinajstić information content (AvgIpc) is 3.04. The zero-order valence-electron chi connectivity index (χ0n) is 25.4. The van der Waals surface area contributed by atoms with Crippen LogP contribution in [0.25, 0.3) is 10.8 Å². The summed E-state index contributed by atoms with van der Waals surface area (Å²) in [5, 5.41) is 1.58. The molecule has 4 aromatic rings. The minimum atomic E-state index is -0.559. The molecular weight excluding hydrogens is 592 g/mol. The van der Waals surface area contributed by atoms with Crippen molar-refractivity contribution < 1.29 is 47.6 Å². The molecule has 4 aromatic carbocycles. The van der Waals surface area contributed by atoms with Gasteiger partial charge in [0.1, 0.15) is 23.0 Å². The maximum absolute atomic E-state index is 12.7. The van der Waals surface area contributed by atoms with E-state index in [-0.39, 0.29) is 37.1 Å². The zero-order valence-corrected chi connectivity index (χ0v) is 25.4. The summed E-state index contributed by atoms with van der Waals surface area (Å²) in [6.45, 7) is 9.58. The molecule has 0 bridgehead atoms. The molecular formula is C36H32O10. The van der Waals surface area contributed by atoms with Gasteiger partial charge in [-0.3, -0.25) is 4.79 Å². The third kappa shape index (κ3) is 9.81. The van der Waals surface area contributed by atoms with Crippen molar-refractivity contribution in [1.82, 2.24) is 0 Å². The number of hydrogen-bond acceptors (Lipinski definition) is 10. The van der Waals surface area contributed by atoms with Crippen LogP contribution in [-0.2, 0) is 30.3 Å². The maximum atomic E-state index is 12.7. The van der Waals surface area contributed by atoms with Crippen LogP contribution in [0.5, 0.6) is 23.0 Å². The largest absolute Gasteiger partial charge is 0.457 e. The average molecular weight is 625 g/mol. The van der Waals surface area contributed by atoms with Crippen molar-refractivity contribution >= 4 is 34.6 Å². The number of fused-ring (bicyclic) bond motifs is 1. The van der Waals surface area contributed by atoms with Crippen molar-refractivity contribution in [2.75, 3.05) is 13.6 Å². The number of carbonyl (C=O) groups excluding carboxylic acids is 4. The van der Waals surface area contributed by atoms with Gasteiger partial charge in [0, 0.05) is 17.6 Å². The molecule has 0 amide bonds. The predicted octanol–water partition coefficient (Wildman–Crippen LogP) is 6.51. The van der Waals surface area contributed by atoms with Crippen LogP contribution in [0.1, 0.15) is 36.2 Å².